The average Bonchev–Trinajstić information content (AvgIpc) is 3.40. The number of carbonyl (C=O) groups excluding carboxylic acids is 1. The molecule has 218 valence electrons. The Hall–Kier alpha value is -5.49. The largest absolute Gasteiger partial charge is 0.478 e. The van der Waals surface area contributed by atoms with Gasteiger partial charge in [0.15, 0.2) is 0 Å². The molecule has 1 amide bonds. The van der Waals surface area contributed by atoms with E-state index in [1.165, 1.54) is 0 Å². The summed E-state index contributed by atoms with van der Waals surface area (Å²) in [4.78, 5) is 29.8. The molecule has 0 bridgehead atoms. The van der Waals surface area contributed by atoms with Gasteiger partial charge < -0.3 is 15.0 Å². The smallest absolute Gasteiger partial charge is 0.336 e. The fourth-order valence-electron chi connectivity index (χ4n) is 5.49. The summed E-state index contributed by atoms with van der Waals surface area (Å²) in [5.41, 5.74) is 8.21. The van der Waals surface area contributed by atoms with Crippen LogP contribution < -0.4 is 5.32 Å². The molecule has 1 aromatic heterocycles. The van der Waals surface area contributed by atoms with Gasteiger partial charge in [-0.05, 0) is 70.6 Å². The van der Waals surface area contributed by atoms with Crippen LogP contribution in [-0.4, -0.2) is 26.5 Å². The van der Waals surface area contributed by atoms with Crippen molar-refractivity contribution >= 4 is 28.6 Å². The van der Waals surface area contributed by atoms with Crippen LogP contribution in [0.1, 0.15) is 51.9 Å². The molecule has 0 radical (unpaired) electrons. The zero-order valence-corrected chi connectivity index (χ0v) is 24.5. The molecule has 6 rings (SSSR count). The number of nitrogens with zero attached hydrogens (tertiary/aromatic N) is 2. The van der Waals surface area contributed by atoms with Crippen molar-refractivity contribution < 1.29 is 14.7 Å². The number of benzene rings is 5. The first-order valence-corrected chi connectivity index (χ1v) is 14.9. The molecule has 0 aliphatic carbocycles. The molecule has 5 aromatic carbocycles. The highest BCUT2D eigenvalue weighted by molar-refractivity contribution is 6.05. The molecule has 2 N–H and O–H groups in total. The van der Waals surface area contributed by atoms with E-state index >= 15 is 0 Å². The number of hydrogen-bond acceptors (Lipinski definition) is 3. The normalized spacial score (nSPS) is 11.0. The van der Waals surface area contributed by atoms with Crippen LogP contribution in [0.15, 0.2) is 121 Å². The van der Waals surface area contributed by atoms with Gasteiger partial charge in [0.25, 0.3) is 5.91 Å². The van der Waals surface area contributed by atoms with Crippen molar-refractivity contribution in [3.63, 3.8) is 0 Å². The van der Waals surface area contributed by atoms with Crippen LogP contribution in [0.25, 0.3) is 33.3 Å². The second-order valence-electron chi connectivity index (χ2n) is 10.9. The van der Waals surface area contributed by atoms with Crippen molar-refractivity contribution in [2.45, 2.75) is 32.7 Å². The maximum Gasteiger partial charge on any atom is 0.336 e. The number of nitrogens with one attached hydrogen (secondary N) is 1. The van der Waals surface area contributed by atoms with Gasteiger partial charge in [-0.1, -0.05) is 98.3 Å². The minimum absolute atomic E-state index is 0.168. The number of rotatable bonds is 10. The lowest BCUT2D eigenvalue weighted by atomic mass is 9.99. The van der Waals surface area contributed by atoms with Crippen molar-refractivity contribution in [1.82, 2.24) is 9.55 Å². The fraction of sp³-hybridized carbons (Fsp3) is 0.132. The van der Waals surface area contributed by atoms with Gasteiger partial charge in [0.05, 0.1) is 16.6 Å². The number of aromatic carboxylic acids is 1. The fourth-order valence-corrected chi connectivity index (χ4v) is 5.49. The maximum atomic E-state index is 13.2. The van der Waals surface area contributed by atoms with Gasteiger partial charge in [-0.25, -0.2) is 9.78 Å². The Balaban J connectivity index is 1.26. The van der Waals surface area contributed by atoms with Gasteiger partial charge in [0, 0.05) is 24.2 Å². The molecule has 0 unspecified atom stereocenters. The van der Waals surface area contributed by atoms with E-state index in [1.54, 1.807) is 12.1 Å². The molecule has 44 heavy (non-hydrogen) atoms. The summed E-state index contributed by atoms with van der Waals surface area (Å²) in [7, 11) is 0. The Morgan fingerprint density at radius 2 is 1.45 bits per heavy atom. The van der Waals surface area contributed by atoms with Gasteiger partial charge in [-0.3, -0.25) is 4.79 Å². The number of imidazole rings is 1. The number of unbranched alkanes of at least 4 members (excludes halogenated alkanes) is 1. The molecule has 0 aliphatic heterocycles. The Morgan fingerprint density at radius 1 is 0.773 bits per heavy atom. The highest BCUT2D eigenvalue weighted by atomic mass is 16.4. The number of anilines is 1. The molecule has 0 spiro atoms. The van der Waals surface area contributed by atoms with E-state index in [2.05, 4.69) is 28.9 Å². The molecule has 0 saturated heterocycles. The lowest BCUT2D eigenvalue weighted by molar-refractivity contribution is 0.0697. The highest BCUT2D eigenvalue weighted by Crippen LogP contribution is 2.27. The second kappa shape index (κ2) is 12.8. The molecule has 0 fully saturated rings. The van der Waals surface area contributed by atoms with Crippen LogP contribution in [0.2, 0.25) is 0 Å². The Bertz CT molecular complexity index is 1930. The average molecular weight is 580 g/mol. The predicted octanol–water partition coefficient (Wildman–Crippen LogP) is 8.71. The SMILES string of the molecule is CCCCc1nc2ccc(NC(=O)c3ccc(-c4ccccc4)cc3)cc2n1Cc1ccc(-c2ccccc2C(=O)O)cc1. The van der Waals surface area contributed by atoms with Crippen LogP contribution >= 0.6 is 0 Å². The van der Waals surface area contributed by atoms with E-state index in [1.807, 2.05) is 97.1 Å². The molecule has 6 nitrogen and oxygen atoms in total. The van der Waals surface area contributed by atoms with Crippen LogP contribution in [-0.2, 0) is 13.0 Å². The number of carbonyl (C=O) groups is 2. The summed E-state index contributed by atoms with van der Waals surface area (Å²) in [5.74, 6) is -0.109. The van der Waals surface area contributed by atoms with Crippen LogP contribution in [0.4, 0.5) is 5.69 Å². The zero-order valence-electron chi connectivity index (χ0n) is 24.5. The highest BCUT2D eigenvalue weighted by Gasteiger charge is 2.15. The van der Waals surface area contributed by atoms with E-state index in [4.69, 9.17) is 4.98 Å². The summed E-state index contributed by atoms with van der Waals surface area (Å²) in [6.07, 6.45) is 2.94. The number of aryl methyl sites for hydroxylation is 1. The lowest BCUT2D eigenvalue weighted by Gasteiger charge is -2.12. The quantitative estimate of drug-likeness (QED) is 0.170. The third-order valence-electron chi connectivity index (χ3n) is 7.86. The molecule has 0 atom stereocenters. The van der Waals surface area contributed by atoms with Crippen LogP contribution in [0, 0.1) is 0 Å². The number of carboxylic acid groups (broad SMARTS) is 1. The number of fused-ring (bicyclic) bond motifs is 1. The molecular formula is C38H33N3O3. The summed E-state index contributed by atoms with van der Waals surface area (Å²) < 4.78 is 2.22. The van der Waals surface area contributed by atoms with Gasteiger partial charge in [0.1, 0.15) is 5.82 Å². The van der Waals surface area contributed by atoms with Gasteiger partial charge >= 0.3 is 5.97 Å². The molecule has 0 aliphatic rings. The number of carboxylic acids is 1. The number of amides is 1. The van der Waals surface area contributed by atoms with Crippen molar-refractivity contribution in [3.8, 4) is 22.3 Å². The summed E-state index contributed by atoms with van der Waals surface area (Å²) in [6, 6.07) is 38.6. The van der Waals surface area contributed by atoms with Crippen molar-refractivity contribution in [1.29, 1.82) is 0 Å². The van der Waals surface area contributed by atoms with Crippen molar-refractivity contribution in [3.05, 3.63) is 144 Å². The Morgan fingerprint density at radius 3 is 2.18 bits per heavy atom. The van der Waals surface area contributed by atoms with Gasteiger partial charge in [0.2, 0.25) is 0 Å². The Kier molecular flexibility index (Phi) is 8.32. The van der Waals surface area contributed by atoms with Crippen molar-refractivity contribution in [2.24, 2.45) is 0 Å². The van der Waals surface area contributed by atoms with Crippen LogP contribution in [0.3, 0.4) is 0 Å². The van der Waals surface area contributed by atoms with Gasteiger partial charge in [-0.15, -0.1) is 0 Å². The monoisotopic (exact) mass is 579 g/mol. The van der Waals surface area contributed by atoms with E-state index in [0.29, 0.717) is 23.4 Å². The van der Waals surface area contributed by atoms with E-state index in [0.717, 1.165) is 58.4 Å². The molecule has 0 saturated carbocycles. The van der Waals surface area contributed by atoms with Crippen LogP contribution in [0.5, 0.6) is 0 Å². The zero-order chi connectivity index (χ0) is 30.5. The molecule has 1 heterocycles. The Labute approximate surface area is 256 Å². The number of hydrogen-bond donors (Lipinski definition) is 2. The molecule has 6 heteroatoms. The lowest BCUT2D eigenvalue weighted by Crippen LogP contribution is -2.12. The second-order valence-corrected chi connectivity index (χ2v) is 10.9. The topological polar surface area (TPSA) is 84.2 Å². The van der Waals surface area contributed by atoms with E-state index in [9.17, 15) is 14.7 Å². The van der Waals surface area contributed by atoms with E-state index < -0.39 is 5.97 Å². The van der Waals surface area contributed by atoms with E-state index in [-0.39, 0.29) is 11.5 Å². The first-order chi connectivity index (χ1) is 21.5. The minimum atomic E-state index is -0.942. The first-order valence-electron chi connectivity index (χ1n) is 14.9. The standard InChI is InChI=1S/C38H33N3O3/c1-2-3-13-36-40-34-23-22-31(39-37(42)30-20-18-28(19-21-30)27-9-5-4-6-10-27)24-35(34)41(36)25-26-14-16-29(17-15-26)32-11-7-8-12-33(32)38(43)44/h4-12,14-24H,2-3,13,25H2,1H3,(H,39,42)(H,43,44). The molecular weight excluding hydrogens is 546 g/mol. The summed E-state index contributed by atoms with van der Waals surface area (Å²) in [5, 5.41) is 12.7. The summed E-state index contributed by atoms with van der Waals surface area (Å²) in [6.45, 7) is 2.77. The minimum Gasteiger partial charge on any atom is -0.478 e. The third-order valence-corrected chi connectivity index (χ3v) is 7.86. The first kappa shape index (κ1) is 28.6. The maximum absolute atomic E-state index is 13.2. The summed E-state index contributed by atoms with van der Waals surface area (Å²) >= 11 is 0. The van der Waals surface area contributed by atoms with Crippen molar-refractivity contribution in [2.75, 3.05) is 5.32 Å². The third kappa shape index (κ3) is 6.15. The predicted molar refractivity (Wildman–Crippen MR) is 176 cm³/mol. The number of aromatic nitrogens is 2. The van der Waals surface area contributed by atoms with Gasteiger partial charge in [-0.2, -0.15) is 0 Å². The molecule has 6 aromatic rings.